The zero-order chi connectivity index (χ0) is 27.6. The molecule has 39 heavy (non-hydrogen) atoms. The summed E-state index contributed by atoms with van der Waals surface area (Å²) in [6, 6.07) is 20.1. The fourth-order valence-electron chi connectivity index (χ4n) is 3.95. The number of hydrogen-bond acceptors (Lipinski definition) is 4. The van der Waals surface area contributed by atoms with E-state index in [1.165, 1.54) is 24.3 Å². The van der Waals surface area contributed by atoms with Gasteiger partial charge in [-0.05, 0) is 110 Å². The molecule has 1 aliphatic rings. The number of ether oxygens (including phenoxy) is 1. The number of anilines is 2. The first-order chi connectivity index (χ1) is 18.6. The molecule has 1 fully saturated rings. The van der Waals surface area contributed by atoms with Crippen LogP contribution in [0, 0.1) is 22.4 Å². The van der Waals surface area contributed by atoms with Crippen LogP contribution in [0.4, 0.5) is 15.8 Å². The third-order valence-electron chi connectivity index (χ3n) is 6.27. The monoisotopic (exact) mass is 541 g/mol. The summed E-state index contributed by atoms with van der Waals surface area (Å²) in [5.41, 5.74) is 1.57. The highest BCUT2D eigenvalue weighted by molar-refractivity contribution is 8.35. The molecule has 0 aliphatic heterocycles. The van der Waals surface area contributed by atoms with E-state index < -0.39 is 27.2 Å². The molecular formula is C31H28FN3O3S. The van der Waals surface area contributed by atoms with Gasteiger partial charge in [-0.1, -0.05) is 5.92 Å². The van der Waals surface area contributed by atoms with Crippen molar-refractivity contribution >= 4 is 44.1 Å². The number of hydrogen-bond donors (Lipinski definition) is 2. The summed E-state index contributed by atoms with van der Waals surface area (Å²) in [6.07, 6.45) is 9.06. The summed E-state index contributed by atoms with van der Waals surface area (Å²) >= 11 is 0. The summed E-state index contributed by atoms with van der Waals surface area (Å²) in [7, 11) is -0.923. The summed E-state index contributed by atoms with van der Waals surface area (Å²) in [6.45, 7) is 0. The van der Waals surface area contributed by atoms with Crippen LogP contribution in [0.5, 0.6) is 11.5 Å². The summed E-state index contributed by atoms with van der Waals surface area (Å²) in [5, 5.41) is 9.73. The van der Waals surface area contributed by atoms with Crippen molar-refractivity contribution in [1.82, 2.24) is 4.98 Å². The fourth-order valence-corrected chi connectivity index (χ4v) is 4.37. The number of aromatic nitrogens is 1. The van der Waals surface area contributed by atoms with Gasteiger partial charge in [0, 0.05) is 28.5 Å². The van der Waals surface area contributed by atoms with Crippen molar-refractivity contribution in [2.24, 2.45) is 5.41 Å². The molecule has 5 rings (SSSR count). The molecule has 0 saturated heterocycles. The molecule has 1 aliphatic carbocycles. The van der Waals surface area contributed by atoms with Crippen molar-refractivity contribution in [2.45, 2.75) is 12.8 Å². The number of nitrogens with one attached hydrogen (secondary N) is 2. The first-order valence-electron chi connectivity index (χ1n) is 12.4. The first kappa shape index (κ1) is 26.3. The van der Waals surface area contributed by atoms with Crippen molar-refractivity contribution in [3.8, 4) is 22.7 Å². The van der Waals surface area contributed by atoms with Gasteiger partial charge in [-0.2, -0.15) is 10.0 Å². The van der Waals surface area contributed by atoms with E-state index in [0.29, 0.717) is 35.7 Å². The molecule has 0 bridgehead atoms. The molecule has 4 aromatic rings. The maximum absolute atomic E-state index is 13.1. The number of carbonyl (C=O) groups is 2. The highest BCUT2D eigenvalue weighted by atomic mass is 32.3. The van der Waals surface area contributed by atoms with Gasteiger partial charge in [0.25, 0.3) is 0 Å². The second kappa shape index (κ2) is 10.4. The standard InChI is InChI=1S/C31H28FN3O3S/c1-39(2,3)19-15-21-4-13-26-27(20-21)33-18-14-28(26)38-25-11-9-24(10-12-25)35-30(37)31(16-17-31)29(36)34-23-7-5-22(32)6-8-23/h4-14,18,20H,16-17H2,1-3H3,(H,34,36)(H,35,37). The van der Waals surface area contributed by atoms with Gasteiger partial charge in [0.15, 0.2) is 0 Å². The summed E-state index contributed by atoms with van der Waals surface area (Å²) in [5.74, 6) is 3.32. The van der Waals surface area contributed by atoms with Crippen molar-refractivity contribution in [3.63, 3.8) is 0 Å². The van der Waals surface area contributed by atoms with Crippen LogP contribution >= 0.6 is 10.0 Å². The lowest BCUT2D eigenvalue weighted by molar-refractivity contribution is -0.131. The molecule has 1 heterocycles. The van der Waals surface area contributed by atoms with Gasteiger partial charge < -0.3 is 15.4 Å². The number of benzene rings is 3. The van der Waals surface area contributed by atoms with Gasteiger partial charge in [0.2, 0.25) is 11.8 Å². The Kier molecular flexibility index (Phi) is 7.02. The molecule has 6 nitrogen and oxygen atoms in total. The van der Waals surface area contributed by atoms with Crippen molar-refractivity contribution in [1.29, 1.82) is 0 Å². The van der Waals surface area contributed by atoms with E-state index in [-0.39, 0.29) is 5.91 Å². The average Bonchev–Trinajstić information content (AvgIpc) is 3.72. The molecule has 0 radical (unpaired) electrons. The predicted molar refractivity (Wildman–Crippen MR) is 156 cm³/mol. The Bertz CT molecular complexity index is 1610. The molecule has 0 spiro atoms. The van der Waals surface area contributed by atoms with Crippen molar-refractivity contribution in [3.05, 3.63) is 90.4 Å². The molecule has 0 unspecified atom stereocenters. The first-order valence-corrected chi connectivity index (χ1v) is 15.2. The van der Waals surface area contributed by atoms with Crippen molar-refractivity contribution in [2.75, 3.05) is 29.4 Å². The molecule has 8 heteroatoms. The minimum Gasteiger partial charge on any atom is -0.457 e. The molecule has 1 aromatic heterocycles. The van der Waals surface area contributed by atoms with Gasteiger partial charge >= 0.3 is 0 Å². The molecular weight excluding hydrogens is 513 g/mol. The lowest BCUT2D eigenvalue weighted by Gasteiger charge is -2.16. The minimum atomic E-state index is -1.13. The van der Waals surface area contributed by atoms with Crippen LogP contribution in [0.1, 0.15) is 18.4 Å². The molecule has 1 saturated carbocycles. The molecule has 2 amide bonds. The minimum absolute atomic E-state index is 0.372. The quantitative estimate of drug-likeness (QED) is 0.215. The largest absolute Gasteiger partial charge is 0.457 e. The van der Waals surface area contributed by atoms with Crippen molar-refractivity contribution < 1.29 is 18.7 Å². The number of rotatable bonds is 6. The molecule has 198 valence electrons. The van der Waals surface area contributed by atoms with E-state index in [2.05, 4.69) is 45.6 Å². The number of halogens is 1. The van der Waals surface area contributed by atoms with E-state index in [1.54, 1.807) is 36.5 Å². The van der Waals surface area contributed by atoms with E-state index in [4.69, 9.17) is 4.74 Å². The smallest absolute Gasteiger partial charge is 0.240 e. The summed E-state index contributed by atoms with van der Waals surface area (Å²) < 4.78 is 19.3. The van der Waals surface area contributed by atoms with E-state index >= 15 is 0 Å². The topological polar surface area (TPSA) is 80.3 Å². The third-order valence-corrected chi connectivity index (χ3v) is 6.98. The Balaban J connectivity index is 1.25. The lowest BCUT2D eigenvalue weighted by Crippen LogP contribution is -2.35. The Morgan fingerprint density at radius 1 is 0.897 bits per heavy atom. The number of pyridine rings is 1. The normalized spacial score (nSPS) is 14.1. The van der Waals surface area contributed by atoms with Crippen LogP contribution in [0.25, 0.3) is 10.9 Å². The average molecular weight is 542 g/mol. The fraction of sp³-hybridized carbons (Fsp3) is 0.194. The van der Waals surface area contributed by atoms with E-state index in [9.17, 15) is 14.0 Å². The van der Waals surface area contributed by atoms with Crippen LogP contribution in [0.3, 0.4) is 0 Å². The van der Waals surface area contributed by atoms with Crippen LogP contribution in [0.2, 0.25) is 0 Å². The third kappa shape index (κ3) is 6.21. The molecule has 2 N–H and O–H groups in total. The SMILES string of the molecule is CS(C)(C)C#Cc1ccc2c(Oc3ccc(NC(=O)C4(C(=O)Nc5ccc(F)cc5)CC4)cc3)ccnc2c1. The highest BCUT2D eigenvalue weighted by Crippen LogP contribution is 2.47. The Morgan fingerprint density at radius 2 is 1.51 bits per heavy atom. The predicted octanol–water partition coefficient (Wildman–Crippen LogP) is 6.53. The number of carbonyl (C=O) groups excluding carboxylic acids is 2. The number of nitrogens with zero attached hydrogens (tertiary/aromatic N) is 1. The van der Waals surface area contributed by atoms with Crippen LogP contribution < -0.4 is 15.4 Å². The zero-order valence-corrected chi connectivity index (χ0v) is 22.7. The second-order valence-electron chi connectivity index (χ2n) is 10.2. The second-order valence-corrected chi connectivity index (χ2v) is 14.1. The maximum atomic E-state index is 13.1. The Labute approximate surface area is 228 Å². The van der Waals surface area contributed by atoms with Gasteiger partial charge in [-0.3, -0.25) is 14.6 Å². The highest BCUT2D eigenvalue weighted by Gasteiger charge is 2.56. The van der Waals surface area contributed by atoms with Crippen LogP contribution in [-0.2, 0) is 9.59 Å². The van der Waals surface area contributed by atoms with Crippen LogP contribution in [-0.4, -0.2) is 35.6 Å². The van der Waals surface area contributed by atoms with E-state index in [0.717, 1.165) is 16.5 Å². The van der Waals surface area contributed by atoms with Gasteiger partial charge in [0.05, 0.1) is 5.52 Å². The Morgan fingerprint density at radius 3 is 2.10 bits per heavy atom. The number of fused-ring (bicyclic) bond motifs is 1. The number of amides is 2. The maximum Gasteiger partial charge on any atom is 0.240 e. The molecule has 3 aromatic carbocycles. The van der Waals surface area contributed by atoms with Gasteiger partial charge in [-0.25, -0.2) is 4.39 Å². The van der Waals surface area contributed by atoms with Gasteiger partial charge in [0.1, 0.15) is 22.7 Å². The van der Waals surface area contributed by atoms with E-state index in [1.807, 2.05) is 18.2 Å². The van der Waals surface area contributed by atoms with Crippen LogP contribution in [0.15, 0.2) is 79.0 Å². The molecule has 0 atom stereocenters. The summed E-state index contributed by atoms with van der Waals surface area (Å²) in [4.78, 5) is 30.2. The van der Waals surface area contributed by atoms with Gasteiger partial charge in [-0.15, -0.1) is 0 Å². The zero-order valence-electron chi connectivity index (χ0n) is 21.9. The lowest BCUT2D eigenvalue weighted by atomic mass is 10.0. The Hall–Kier alpha value is -4.35.